The van der Waals surface area contributed by atoms with Gasteiger partial charge >= 0.3 is 6.18 Å². The number of alkyl halides is 3. The Morgan fingerprint density at radius 2 is 1.65 bits per heavy atom. The van der Waals surface area contributed by atoms with Crippen molar-refractivity contribution >= 4 is 40.5 Å². The summed E-state index contributed by atoms with van der Waals surface area (Å²) < 4.78 is 36.1. The molecule has 1 aromatic rings. The van der Waals surface area contributed by atoms with Gasteiger partial charge in [-0.15, -0.1) is 0 Å². The second-order valence-electron chi connectivity index (χ2n) is 3.18. The highest BCUT2D eigenvalue weighted by Gasteiger charge is 2.38. The summed E-state index contributed by atoms with van der Waals surface area (Å²) in [6, 6.07) is 2.66. The van der Waals surface area contributed by atoms with Crippen LogP contribution in [0.3, 0.4) is 0 Å². The fourth-order valence-corrected chi connectivity index (χ4v) is 1.98. The lowest BCUT2D eigenvalue weighted by atomic mass is 10.3. The molecule has 1 atom stereocenters. The van der Waals surface area contributed by atoms with Gasteiger partial charge in [-0.3, -0.25) is 0 Å². The number of hydrogen-bond donors (Lipinski definition) is 2. The van der Waals surface area contributed by atoms with Gasteiger partial charge in [-0.25, -0.2) is 0 Å². The maximum atomic E-state index is 12.0. The molecule has 0 aliphatic carbocycles. The Morgan fingerprint density at radius 1 is 1.18 bits per heavy atom. The zero-order valence-electron chi connectivity index (χ0n) is 8.15. The Morgan fingerprint density at radius 3 is 2.06 bits per heavy atom. The van der Waals surface area contributed by atoms with Gasteiger partial charge in [-0.1, -0.05) is 34.8 Å². The van der Waals surface area contributed by atoms with E-state index in [-0.39, 0.29) is 20.8 Å². The summed E-state index contributed by atoms with van der Waals surface area (Å²) in [6.45, 7) is -0.745. The Balaban J connectivity index is 2.77. The van der Waals surface area contributed by atoms with Crippen molar-refractivity contribution in [2.45, 2.75) is 12.3 Å². The van der Waals surface area contributed by atoms with E-state index in [1.165, 1.54) is 12.1 Å². The summed E-state index contributed by atoms with van der Waals surface area (Å²) in [5.74, 6) is 0. The molecule has 0 saturated heterocycles. The third kappa shape index (κ3) is 4.10. The molecule has 1 unspecified atom stereocenters. The summed E-state index contributed by atoms with van der Waals surface area (Å²) in [4.78, 5) is 0. The molecule has 1 rings (SSSR count). The zero-order chi connectivity index (χ0) is 13.2. The van der Waals surface area contributed by atoms with E-state index >= 15 is 0 Å². The van der Waals surface area contributed by atoms with Crippen molar-refractivity contribution in [2.75, 3.05) is 11.9 Å². The SMILES string of the molecule is OC(CNc1c(Cl)cc(Cl)cc1Cl)C(F)(F)F. The van der Waals surface area contributed by atoms with Crippen molar-refractivity contribution < 1.29 is 18.3 Å². The van der Waals surface area contributed by atoms with Gasteiger partial charge < -0.3 is 10.4 Å². The molecule has 0 bridgehead atoms. The van der Waals surface area contributed by atoms with Crippen molar-refractivity contribution in [3.63, 3.8) is 0 Å². The highest BCUT2D eigenvalue weighted by Crippen LogP contribution is 2.34. The first-order valence-electron chi connectivity index (χ1n) is 4.35. The van der Waals surface area contributed by atoms with E-state index in [1.54, 1.807) is 0 Å². The molecule has 96 valence electrons. The topological polar surface area (TPSA) is 32.3 Å². The van der Waals surface area contributed by atoms with E-state index in [9.17, 15) is 13.2 Å². The van der Waals surface area contributed by atoms with E-state index < -0.39 is 18.8 Å². The van der Waals surface area contributed by atoms with Crippen molar-refractivity contribution in [3.8, 4) is 0 Å². The molecule has 2 N–H and O–H groups in total. The standard InChI is InChI=1S/C9H7Cl3F3NO/c10-4-1-5(11)8(6(12)2-4)16-3-7(17)9(13,14)15/h1-2,7,16-17H,3H2. The molecule has 2 nitrogen and oxygen atoms in total. The fraction of sp³-hybridized carbons (Fsp3) is 0.333. The Kier molecular flexibility index (Phi) is 4.77. The third-order valence-corrected chi connectivity index (χ3v) is 2.67. The Labute approximate surface area is 110 Å². The first-order valence-corrected chi connectivity index (χ1v) is 5.48. The van der Waals surface area contributed by atoms with Crippen molar-refractivity contribution in [3.05, 3.63) is 27.2 Å². The summed E-state index contributed by atoms with van der Waals surface area (Å²) in [6.07, 6.45) is -7.19. The van der Waals surface area contributed by atoms with Crippen LogP contribution in [0, 0.1) is 0 Å². The number of aliphatic hydroxyl groups excluding tert-OH is 1. The number of anilines is 1. The summed E-state index contributed by atoms with van der Waals surface area (Å²) in [5, 5.41) is 11.5. The molecule has 0 aromatic heterocycles. The minimum atomic E-state index is -4.70. The second-order valence-corrected chi connectivity index (χ2v) is 4.43. The molecule has 0 heterocycles. The molecule has 17 heavy (non-hydrogen) atoms. The van der Waals surface area contributed by atoms with Gasteiger partial charge in [0.25, 0.3) is 0 Å². The number of benzene rings is 1. The number of halogens is 6. The largest absolute Gasteiger partial charge is 0.416 e. The van der Waals surface area contributed by atoms with Gasteiger partial charge in [-0.2, -0.15) is 13.2 Å². The second kappa shape index (κ2) is 5.52. The normalized spacial score (nSPS) is 13.6. The van der Waals surface area contributed by atoms with Crippen molar-refractivity contribution in [1.29, 1.82) is 0 Å². The van der Waals surface area contributed by atoms with Crippen LogP contribution in [0.5, 0.6) is 0 Å². The summed E-state index contributed by atoms with van der Waals surface area (Å²) >= 11 is 17.1. The van der Waals surface area contributed by atoms with Crippen LogP contribution >= 0.6 is 34.8 Å². The predicted octanol–water partition coefficient (Wildman–Crippen LogP) is 3.98. The minimum absolute atomic E-state index is 0.0804. The zero-order valence-corrected chi connectivity index (χ0v) is 10.4. The quantitative estimate of drug-likeness (QED) is 0.885. The molecule has 0 fully saturated rings. The summed E-state index contributed by atoms with van der Waals surface area (Å²) in [5.41, 5.74) is 0.0982. The van der Waals surface area contributed by atoms with Gasteiger partial charge in [0.2, 0.25) is 0 Å². The summed E-state index contributed by atoms with van der Waals surface area (Å²) in [7, 11) is 0. The van der Waals surface area contributed by atoms with E-state index in [2.05, 4.69) is 5.32 Å². The molecule has 0 spiro atoms. The highest BCUT2D eigenvalue weighted by atomic mass is 35.5. The van der Waals surface area contributed by atoms with Crippen LogP contribution < -0.4 is 5.32 Å². The predicted molar refractivity (Wildman–Crippen MR) is 62.0 cm³/mol. The minimum Gasteiger partial charge on any atom is -0.382 e. The van der Waals surface area contributed by atoms with Crippen molar-refractivity contribution in [2.24, 2.45) is 0 Å². The van der Waals surface area contributed by atoms with Crippen LogP contribution in [0.15, 0.2) is 12.1 Å². The average molecular weight is 309 g/mol. The third-order valence-electron chi connectivity index (χ3n) is 1.86. The molecule has 0 amide bonds. The maximum Gasteiger partial charge on any atom is 0.416 e. The molecular formula is C9H7Cl3F3NO. The Hall–Kier alpha value is -0.360. The first kappa shape index (κ1) is 14.7. The van der Waals surface area contributed by atoms with Gasteiger partial charge in [0.1, 0.15) is 0 Å². The van der Waals surface area contributed by atoms with E-state index in [4.69, 9.17) is 39.9 Å². The number of hydrogen-bond acceptors (Lipinski definition) is 2. The van der Waals surface area contributed by atoms with E-state index in [0.717, 1.165) is 0 Å². The monoisotopic (exact) mass is 307 g/mol. The van der Waals surface area contributed by atoms with Crippen LogP contribution in [0.25, 0.3) is 0 Å². The highest BCUT2D eigenvalue weighted by molar-refractivity contribution is 6.41. The van der Waals surface area contributed by atoms with Gasteiger partial charge in [0.15, 0.2) is 6.10 Å². The molecule has 8 heteroatoms. The number of nitrogens with one attached hydrogen (secondary N) is 1. The van der Waals surface area contributed by atoms with Crippen LogP contribution in [-0.4, -0.2) is 23.9 Å². The van der Waals surface area contributed by atoms with Crippen molar-refractivity contribution in [1.82, 2.24) is 0 Å². The van der Waals surface area contributed by atoms with Gasteiger partial charge in [-0.05, 0) is 12.1 Å². The number of aliphatic hydroxyl groups is 1. The van der Waals surface area contributed by atoms with Crippen LogP contribution in [0.4, 0.5) is 18.9 Å². The molecular weight excluding hydrogens is 301 g/mol. The fourth-order valence-electron chi connectivity index (χ4n) is 1.03. The first-order chi connectivity index (χ1) is 7.71. The lowest BCUT2D eigenvalue weighted by Crippen LogP contribution is -2.35. The van der Waals surface area contributed by atoms with Crippen LogP contribution in [-0.2, 0) is 0 Å². The van der Waals surface area contributed by atoms with E-state index in [0.29, 0.717) is 0 Å². The molecule has 0 aliphatic rings. The lowest BCUT2D eigenvalue weighted by Gasteiger charge is -2.17. The molecule has 0 aliphatic heterocycles. The smallest absolute Gasteiger partial charge is 0.382 e. The Bertz CT molecular complexity index is 388. The van der Waals surface area contributed by atoms with Crippen LogP contribution in [0.2, 0.25) is 15.1 Å². The lowest BCUT2D eigenvalue weighted by molar-refractivity contribution is -0.198. The van der Waals surface area contributed by atoms with Gasteiger partial charge in [0.05, 0.1) is 15.7 Å². The van der Waals surface area contributed by atoms with Crippen LogP contribution in [0.1, 0.15) is 0 Å². The number of rotatable bonds is 3. The maximum absolute atomic E-state index is 12.0. The van der Waals surface area contributed by atoms with E-state index in [1.807, 2.05) is 0 Å². The van der Waals surface area contributed by atoms with Gasteiger partial charge in [0, 0.05) is 11.6 Å². The average Bonchev–Trinajstić information content (AvgIpc) is 2.13. The molecule has 0 radical (unpaired) electrons. The molecule has 0 saturated carbocycles. The molecule has 1 aromatic carbocycles.